The molecular formula is C19H31NO. The van der Waals surface area contributed by atoms with Gasteiger partial charge in [-0.2, -0.15) is 0 Å². The second-order valence-electron chi connectivity index (χ2n) is 7.95. The molecule has 0 radical (unpaired) electrons. The Morgan fingerprint density at radius 1 is 1.14 bits per heavy atom. The van der Waals surface area contributed by atoms with Crippen molar-refractivity contribution in [1.82, 2.24) is 4.90 Å². The maximum absolute atomic E-state index is 10.5. The molecule has 2 nitrogen and oxygen atoms in total. The first-order valence-corrected chi connectivity index (χ1v) is 8.27. The molecule has 2 heteroatoms. The summed E-state index contributed by atoms with van der Waals surface area (Å²) in [6.07, 6.45) is 0.882. The van der Waals surface area contributed by atoms with Crippen molar-refractivity contribution < 1.29 is 5.11 Å². The molecule has 1 fully saturated rings. The van der Waals surface area contributed by atoms with Crippen molar-refractivity contribution in [3.8, 4) is 0 Å². The first-order valence-electron chi connectivity index (χ1n) is 8.27. The van der Waals surface area contributed by atoms with E-state index in [1.54, 1.807) is 0 Å². The summed E-state index contributed by atoms with van der Waals surface area (Å²) in [7, 11) is 0. The van der Waals surface area contributed by atoms with Crippen LogP contribution in [0.5, 0.6) is 0 Å². The number of rotatable bonds is 4. The minimum Gasteiger partial charge on any atom is -0.387 e. The van der Waals surface area contributed by atoms with E-state index in [4.69, 9.17) is 0 Å². The third-order valence-electron chi connectivity index (χ3n) is 4.92. The summed E-state index contributed by atoms with van der Waals surface area (Å²) in [6.45, 7) is 14.3. The Hall–Kier alpha value is -0.860. The fourth-order valence-electron chi connectivity index (χ4n) is 3.16. The molecule has 2 atom stereocenters. The lowest BCUT2D eigenvalue weighted by Crippen LogP contribution is -2.29. The zero-order valence-electron chi connectivity index (χ0n) is 14.3. The van der Waals surface area contributed by atoms with Crippen molar-refractivity contribution in [2.45, 2.75) is 53.1 Å². The maximum Gasteiger partial charge on any atom is 0.0916 e. The van der Waals surface area contributed by atoms with E-state index in [2.05, 4.69) is 63.8 Å². The summed E-state index contributed by atoms with van der Waals surface area (Å²) in [4.78, 5) is 2.41. The number of β-amino-alcohol motifs (C(OH)–C–C–N with tert-alkyl or cyclic N) is 1. The molecule has 1 heterocycles. The van der Waals surface area contributed by atoms with Gasteiger partial charge < -0.3 is 10.0 Å². The Kier molecular flexibility index (Phi) is 5.11. The van der Waals surface area contributed by atoms with Gasteiger partial charge in [0.15, 0.2) is 0 Å². The minimum atomic E-state index is -0.370. The van der Waals surface area contributed by atoms with E-state index >= 15 is 0 Å². The molecular weight excluding hydrogens is 258 g/mol. The predicted molar refractivity (Wildman–Crippen MR) is 89.5 cm³/mol. The van der Waals surface area contributed by atoms with E-state index in [0.29, 0.717) is 11.3 Å². The van der Waals surface area contributed by atoms with E-state index in [9.17, 15) is 5.11 Å². The second-order valence-corrected chi connectivity index (χ2v) is 7.95. The number of aliphatic hydroxyl groups is 1. The van der Waals surface area contributed by atoms with E-state index in [0.717, 1.165) is 31.1 Å². The molecule has 2 rings (SSSR count). The van der Waals surface area contributed by atoms with Gasteiger partial charge in [-0.15, -0.1) is 0 Å². The lowest BCUT2D eigenvalue weighted by atomic mass is 9.80. The van der Waals surface area contributed by atoms with Crippen molar-refractivity contribution in [2.75, 3.05) is 19.6 Å². The zero-order chi connectivity index (χ0) is 15.6. The summed E-state index contributed by atoms with van der Waals surface area (Å²) < 4.78 is 0. The van der Waals surface area contributed by atoms with Crippen molar-refractivity contribution in [2.24, 2.45) is 11.3 Å². The van der Waals surface area contributed by atoms with Crippen LogP contribution in [0.25, 0.3) is 0 Å². The topological polar surface area (TPSA) is 23.5 Å². The fraction of sp³-hybridized carbons (Fsp3) is 0.684. The van der Waals surface area contributed by atoms with E-state index < -0.39 is 0 Å². The first kappa shape index (κ1) is 16.5. The zero-order valence-corrected chi connectivity index (χ0v) is 14.3. The number of aliphatic hydroxyl groups excluding tert-OH is 1. The van der Waals surface area contributed by atoms with Crippen LogP contribution in [0.2, 0.25) is 0 Å². The average Bonchev–Trinajstić information content (AvgIpc) is 2.87. The molecule has 2 unspecified atom stereocenters. The van der Waals surface area contributed by atoms with Gasteiger partial charge in [-0.1, -0.05) is 58.9 Å². The van der Waals surface area contributed by atoms with Gasteiger partial charge in [0.2, 0.25) is 0 Å². The second kappa shape index (κ2) is 6.50. The highest BCUT2D eigenvalue weighted by molar-refractivity contribution is 5.26. The molecule has 1 saturated heterocycles. The molecule has 1 N–H and O–H groups in total. The molecule has 1 aliphatic rings. The van der Waals surface area contributed by atoms with Crippen molar-refractivity contribution in [3.05, 3.63) is 35.4 Å². The Morgan fingerprint density at radius 2 is 1.71 bits per heavy atom. The van der Waals surface area contributed by atoms with Gasteiger partial charge in [-0.3, -0.25) is 0 Å². The van der Waals surface area contributed by atoms with Crippen LogP contribution in [0.3, 0.4) is 0 Å². The molecule has 118 valence electrons. The molecule has 0 saturated carbocycles. The molecule has 0 amide bonds. The Balaban J connectivity index is 1.91. The predicted octanol–water partition coefficient (Wildman–Crippen LogP) is 4.21. The molecule has 1 aromatic carbocycles. The highest BCUT2D eigenvalue weighted by Gasteiger charge is 2.32. The summed E-state index contributed by atoms with van der Waals surface area (Å²) >= 11 is 0. The van der Waals surface area contributed by atoms with E-state index in [1.807, 2.05) is 0 Å². The number of likely N-dealkylation sites (tertiary alicyclic amines) is 1. The summed E-state index contributed by atoms with van der Waals surface area (Å²) in [5.41, 5.74) is 2.75. The molecule has 0 spiro atoms. The van der Waals surface area contributed by atoms with Gasteiger partial charge in [0, 0.05) is 13.1 Å². The minimum absolute atomic E-state index is 0.370. The SMILES string of the molecule is CC(C)c1ccc(C(O)CN2CCC(C(C)(C)C)C2)cc1. The molecule has 0 aromatic heterocycles. The number of nitrogens with zero attached hydrogens (tertiary/aromatic N) is 1. The molecule has 1 aliphatic heterocycles. The number of hydrogen-bond donors (Lipinski definition) is 1. The highest BCUT2D eigenvalue weighted by Crippen LogP contribution is 2.34. The summed E-state index contributed by atoms with van der Waals surface area (Å²) in [5, 5.41) is 10.5. The third-order valence-corrected chi connectivity index (χ3v) is 4.92. The summed E-state index contributed by atoms with van der Waals surface area (Å²) in [6, 6.07) is 8.45. The molecule has 1 aromatic rings. The van der Waals surface area contributed by atoms with Gasteiger partial charge in [0.1, 0.15) is 0 Å². The van der Waals surface area contributed by atoms with E-state index in [1.165, 1.54) is 12.0 Å². The van der Waals surface area contributed by atoms with Crippen molar-refractivity contribution in [1.29, 1.82) is 0 Å². The Labute approximate surface area is 130 Å². The molecule has 0 bridgehead atoms. The maximum atomic E-state index is 10.5. The van der Waals surface area contributed by atoms with Crippen LogP contribution >= 0.6 is 0 Å². The van der Waals surface area contributed by atoms with Gasteiger partial charge in [-0.25, -0.2) is 0 Å². The van der Waals surface area contributed by atoms with Gasteiger partial charge in [0.05, 0.1) is 6.10 Å². The van der Waals surface area contributed by atoms with Crippen molar-refractivity contribution >= 4 is 0 Å². The number of hydrogen-bond acceptors (Lipinski definition) is 2. The van der Waals surface area contributed by atoms with Crippen molar-refractivity contribution in [3.63, 3.8) is 0 Å². The van der Waals surface area contributed by atoms with Gasteiger partial charge >= 0.3 is 0 Å². The lowest BCUT2D eigenvalue weighted by Gasteiger charge is -2.27. The standard InChI is InChI=1S/C19H31NO/c1-14(2)15-6-8-16(9-7-15)18(21)13-20-11-10-17(12-20)19(3,4)5/h6-9,14,17-18,21H,10-13H2,1-5H3. The van der Waals surface area contributed by atoms with Crippen LogP contribution in [0.1, 0.15) is 64.2 Å². The fourth-order valence-corrected chi connectivity index (χ4v) is 3.16. The number of benzene rings is 1. The normalized spacial score (nSPS) is 22.0. The van der Waals surface area contributed by atoms with Crippen LogP contribution < -0.4 is 0 Å². The van der Waals surface area contributed by atoms with E-state index in [-0.39, 0.29) is 6.10 Å². The quantitative estimate of drug-likeness (QED) is 0.897. The Bertz CT molecular complexity index is 444. The van der Waals surface area contributed by atoms with Gasteiger partial charge in [0.25, 0.3) is 0 Å². The van der Waals surface area contributed by atoms with Crippen LogP contribution in [-0.4, -0.2) is 29.6 Å². The highest BCUT2D eigenvalue weighted by atomic mass is 16.3. The smallest absolute Gasteiger partial charge is 0.0916 e. The molecule has 0 aliphatic carbocycles. The largest absolute Gasteiger partial charge is 0.387 e. The molecule has 21 heavy (non-hydrogen) atoms. The Morgan fingerprint density at radius 3 is 2.19 bits per heavy atom. The van der Waals surface area contributed by atoms with Crippen LogP contribution in [0, 0.1) is 11.3 Å². The third kappa shape index (κ3) is 4.31. The monoisotopic (exact) mass is 289 g/mol. The van der Waals surface area contributed by atoms with Crippen LogP contribution in [-0.2, 0) is 0 Å². The lowest BCUT2D eigenvalue weighted by molar-refractivity contribution is 0.119. The van der Waals surface area contributed by atoms with Crippen LogP contribution in [0.15, 0.2) is 24.3 Å². The average molecular weight is 289 g/mol. The van der Waals surface area contributed by atoms with Gasteiger partial charge in [-0.05, 0) is 41.3 Å². The summed E-state index contributed by atoms with van der Waals surface area (Å²) in [5.74, 6) is 1.29. The first-order chi connectivity index (χ1) is 9.77. The van der Waals surface area contributed by atoms with Crippen LogP contribution in [0.4, 0.5) is 0 Å².